The Morgan fingerprint density at radius 3 is 2.16 bits per heavy atom. The Bertz CT molecular complexity index is 2750. The topological polar surface area (TPSA) is 192 Å². The Morgan fingerprint density at radius 1 is 0.886 bits per heavy atom. The molecule has 2 aliphatic heterocycles. The third kappa shape index (κ3) is 9.67. The number of benzene rings is 2. The first-order chi connectivity index (χ1) is 33.3. The number of hydrogen-bond acceptors (Lipinski definition) is 11. The summed E-state index contributed by atoms with van der Waals surface area (Å²) < 4.78 is 79.2. The fourth-order valence-corrected chi connectivity index (χ4v) is 10.8. The summed E-state index contributed by atoms with van der Waals surface area (Å²) in [6.07, 6.45) is 2.82. The predicted octanol–water partition coefficient (Wildman–Crippen LogP) is 8.49. The molecule has 3 aromatic heterocycles. The number of H-pyrrole nitrogens is 2. The number of imidazole rings is 2. The number of halogens is 4. The lowest BCUT2D eigenvalue weighted by atomic mass is 9.88. The molecule has 5 aromatic rings. The highest BCUT2D eigenvalue weighted by Crippen LogP contribution is 2.54. The van der Waals surface area contributed by atoms with Gasteiger partial charge in [0, 0.05) is 79.4 Å². The molecule has 9 rings (SSSR count). The first-order valence-corrected chi connectivity index (χ1v) is 24.0. The number of carbonyl (C=O) groups is 2. The van der Waals surface area contributed by atoms with Crippen LogP contribution in [0, 0.1) is 23.7 Å². The number of hydrogen-bond donors (Lipinski definition) is 6. The Kier molecular flexibility index (Phi) is 13.7. The van der Waals surface area contributed by atoms with Crippen molar-refractivity contribution in [2.24, 2.45) is 23.7 Å². The predicted molar refractivity (Wildman–Crippen MR) is 253 cm³/mol. The summed E-state index contributed by atoms with van der Waals surface area (Å²) >= 11 is 0. The lowest BCUT2D eigenvalue weighted by molar-refractivity contribution is -0.146. The van der Waals surface area contributed by atoms with Gasteiger partial charge in [0.25, 0.3) is 5.92 Å². The van der Waals surface area contributed by atoms with Gasteiger partial charge in [-0.25, -0.2) is 27.5 Å². The fraction of sp³-hybridized carbons (Fsp3) is 0.529. The van der Waals surface area contributed by atoms with E-state index in [0.29, 0.717) is 28.5 Å². The van der Waals surface area contributed by atoms with Crippen molar-refractivity contribution in [3.8, 4) is 39.5 Å². The van der Waals surface area contributed by atoms with Gasteiger partial charge in [-0.1, -0.05) is 52.5 Å². The van der Waals surface area contributed by atoms with E-state index < -0.39 is 73.5 Å². The summed E-state index contributed by atoms with van der Waals surface area (Å²) in [5.41, 5.74) is 6.28. The van der Waals surface area contributed by atoms with E-state index in [0.717, 1.165) is 51.0 Å². The van der Waals surface area contributed by atoms with E-state index in [-0.39, 0.29) is 61.3 Å². The minimum Gasteiger partial charge on any atom is -0.469 e. The van der Waals surface area contributed by atoms with E-state index >= 15 is 17.6 Å². The number of aliphatic hydroxyl groups is 2. The van der Waals surface area contributed by atoms with Gasteiger partial charge in [0.1, 0.15) is 23.2 Å². The number of carbonyl (C=O) groups excluding carboxylic acids is 2. The summed E-state index contributed by atoms with van der Waals surface area (Å²) in [4.78, 5) is 43.9. The molecule has 376 valence electrons. The molecule has 2 aromatic carbocycles. The van der Waals surface area contributed by atoms with E-state index in [1.54, 1.807) is 26.2 Å². The second-order valence-electron chi connectivity index (χ2n) is 20.1. The van der Waals surface area contributed by atoms with Crippen LogP contribution in [-0.2, 0) is 19.1 Å². The van der Waals surface area contributed by atoms with E-state index in [1.807, 2.05) is 56.3 Å². The van der Waals surface area contributed by atoms with Gasteiger partial charge in [-0.15, -0.1) is 0 Å². The van der Waals surface area contributed by atoms with Gasteiger partial charge in [-0.05, 0) is 61.3 Å². The van der Waals surface area contributed by atoms with E-state index in [9.17, 15) is 19.8 Å². The van der Waals surface area contributed by atoms with Crippen LogP contribution < -0.4 is 15.4 Å². The number of aromatic amines is 2. The summed E-state index contributed by atoms with van der Waals surface area (Å²) in [6.45, 7) is 10.6. The van der Waals surface area contributed by atoms with Crippen LogP contribution in [0.1, 0.15) is 108 Å². The summed E-state index contributed by atoms with van der Waals surface area (Å²) in [5.74, 6) is -6.92. The number of nitrogens with zero attached hydrogens (tertiary/aromatic N) is 4. The molecular weight excluding hydrogens is 913 g/mol. The maximum atomic E-state index is 15.1. The third-order valence-corrected chi connectivity index (χ3v) is 14.5. The monoisotopic (exact) mass is 974 g/mol. The van der Waals surface area contributed by atoms with Gasteiger partial charge in [-0.3, -0.25) is 20.2 Å². The molecule has 70 heavy (non-hydrogen) atoms. The van der Waals surface area contributed by atoms with E-state index in [4.69, 9.17) is 14.2 Å². The summed E-state index contributed by atoms with van der Waals surface area (Å²) in [7, 11) is 2.58. The van der Waals surface area contributed by atoms with Gasteiger partial charge >= 0.3 is 0 Å². The minimum absolute atomic E-state index is 0.0604. The van der Waals surface area contributed by atoms with Gasteiger partial charge in [0.15, 0.2) is 6.23 Å². The van der Waals surface area contributed by atoms with Crippen molar-refractivity contribution in [1.82, 2.24) is 40.0 Å². The minimum atomic E-state index is -3.16. The SMILES string of the molecule is C=Cc1c2n(c3ccc(-c4cnc(C5CC(F)(F)CC5CCC(=O)C(NC(O)OC)C(C)C)[nH]4)cc13)C(C1CC1)Oc1cc(-c3cnc(C4CC(F)(F)CN4C(=O)C(NC(O)OC)C(C)C)[nH]3)ccc1-2. The van der Waals surface area contributed by atoms with Gasteiger partial charge in [0.2, 0.25) is 24.7 Å². The highest BCUT2D eigenvalue weighted by atomic mass is 19.3. The lowest BCUT2D eigenvalue weighted by Crippen LogP contribution is -2.53. The molecule has 2 aliphatic carbocycles. The van der Waals surface area contributed by atoms with Crippen LogP contribution in [0.2, 0.25) is 0 Å². The molecule has 1 saturated heterocycles. The molecule has 19 heteroatoms. The third-order valence-electron chi connectivity index (χ3n) is 14.5. The first-order valence-electron chi connectivity index (χ1n) is 24.0. The summed E-state index contributed by atoms with van der Waals surface area (Å²) in [6, 6.07) is 9.08. The summed E-state index contributed by atoms with van der Waals surface area (Å²) in [5, 5.41) is 26.4. The van der Waals surface area contributed by atoms with E-state index in [1.165, 1.54) is 14.2 Å². The molecule has 0 radical (unpaired) electrons. The first kappa shape index (κ1) is 49.5. The Morgan fingerprint density at radius 2 is 1.51 bits per heavy atom. The molecule has 1 amide bonds. The van der Waals surface area contributed by atoms with Crippen molar-refractivity contribution in [2.75, 3.05) is 20.8 Å². The Balaban J connectivity index is 0.985. The number of ketones is 1. The molecule has 4 aliphatic rings. The molecule has 3 fully saturated rings. The number of aromatic nitrogens is 5. The number of nitrogens with one attached hydrogen (secondary N) is 4. The highest BCUT2D eigenvalue weighted by Gasteiger charge is 2.51. The standard InChI is InChI=1S/C51H62F4N8O7/c1-8-31-33-17-28(35-22-56-44(58-35)34-20-50(52,53)19-30(34)13-16-39(64)41(25(2)3)60-48(66)68-6)12-15-37(33)63-43(31)32-14-11-29(18-40(32)70-47(63)27-9-10-27)36-23-57-45(59-36)38-21-51(54,55)24-62(38)46(65)42(26(4)5)61-49(67)69-7/h8,11-12,14-15,17-18,22-23,25-27,30,34,38,41-42,47-49,60-61,66-67H,1,9-10,13,16,19-21,24H2,2-7H3,(H,56,58)(H,57,59). The molecule has 15 nitrogen and oxygen atoms in total. The molecular formula is C51H62F4N8O7. The highest BCUT2D eigenvalue weighted by molar-refractivity contribution is 6.01. The van der Waals surface area contributed by atoms with Gasteiger partial charge in [-0.2, -0.15) is 0 Å². The van der Waals surface area contributed by atoms with Crippen molar-refractivity contribution in [1.29, 1.82) is 0 Å². The van der Waals surface area contributed by atoms with Crippen molar-refractivity contribution in [2.45, 2.75) is 128 Å². The zero-order valence-corrected chi connectivity index (χ0v) is 40.1. The van der Waals surface area contributed by atoms with Crippen molar-refractivity contribution >= 4 is 28.7 Å². The van der Waals surface area contributed by atoms with Gasteiger partial charge in [0.05, 0.1) is 59.7 Å². The van der Waals surface area contributed by atoms with Crippen LogP contribution in [0.3, 0.4) is 0 Å². The largest absolute Gasteiger partial charge is 0.469 e. The second kappa shape index (κ2) is 19.3. The van der Waals surface area contributed by atoms with Crippen LogP contribution >= 0.6 is 0 Å². The van der Waals surface area contributed by atoms with Crippen molar-refractivity contribution in [3.63, 3.8) is 0 Å². The number of fused-ring (bicyclic) bond motifs is 5. The number of Topliss-reactive ketones (excluding diaryl/α,β-unsaturated/α-hetero) is 1. The van der Waals surface area contributed by atoms with Gasteiger partial charge < -0.3 is 43.9 Å². The molecule has 0 bridgehead atoms. The molecule has 6 N–H and O–H groups in total. The normalized spacial score (nSPS) is 23.3. The number of amides is 1. The maximum absolute atomic E-state index is 15.1. The van der Waals surface area contributed by atoms with Crippen molar-refractivity contribution < 1.29 is 51.6 Å². The Labute approximate surface area is 403 Å². The molecule has 5 heterocycles. The van der Waals surface area contributed by atoms with Crippen LogP contribution in [0.25, 0.3) is 50.8 Å². The zero-order valence-electron chi connectivity index (χ0n) is 40.1. The number of rotatable bonds is 19. The average molecular weight is 975 g/mol. The number of likely N-dealkylation sites (tertiary alicyclic amines) is 1. The number of aliphatic hydroxyl groups excluding tert-OH is 2. The average Bonchev–Trinajstić information content (AvgIpc) is 3.67. The zero-order chi connectivity index (χ0) is 50.0. The fourth-order valence-electron chi connectivity index (χ4n) is 10.8. The Hall–Kier alpha value is -5.44. The number of methoxy groups -OCH3 is 2. The molecule has 8 atom stereocenters. The van der Waals surface area contributed by atoms with Crippen molar-refractivity contribution in [3.05, 3.63) is 72.6 Å². The van der Waals surface area contributed by atoms with Crippen LogP contribution in [-0.4, -0.2) is 109 Å². The van der Waals surface area contributed by atoms with Crippen LogP contribution in [0.5, 0.6) is 5.75 Å². The quantitative estimate of drug-likeness (QED) is 0.0344. The van der Waals surface area contributed by atoms with Crippen LogP contribution in [0.15, 0.2) is 55.4 Å². The molecule has 0 spiro atoms. The van der Waals surface area contributed by atoms with Crippen LogP contribution in [0.4, 0.5) is 17.6 Å². The number of alkyl halides is 4. The second-order valence-corrected chi connectivity index (χ2v) is 20.1. The van der Waals surface area contributed by atoms with E-state index in [2.05, 4.69) is 41.7 Å². The lowest BCUT2D eigenvalue weighted by Gasteiger charge is -2.31. The smallest absolute Gasteiger partial charge is 0.267 e. The molecule has 2 saturated carbocycles. The maximum Gasteiger partial charge on any atom is 0.267 e. The molecule has 8 unspecified atom stereocenters. The number of ether oxygens (including phenoxy) is 3.